The summed E-state index contributed by atoms with van der Waals surface area (Å²) < 4.78 is 12.1. The van der Waals surface area contributed by atoms with Gasteiger partial charge in [0.15, 0.2) is 5.82 Å². The van der Waals surface area contributed by atoms with Gasteiger partial charge in [-0.05, 0) is 32.0 Å². The van der Waals surface area contributed by atoms with Crippen LogP contribution in [0.4, 0.5) is 0 Å². The first-order chi connectivity index (χ1) is 13.4. The molecule has 0 unspecified atom stereocenters. The van der Waals surface area contributed by atoms with Gasteiger partial charge in [-0.2, -0.15) is 10.2 Å². The van der Waals surface area contributed by atoms with E-state index in [0.717, 1.165) is 5.56 Å². The third-order valence-corrected chi connectivity index (χ3v) is 4.39. The van der Waals surface area contributed by atoms with Crippen LogP contribution >= 0.6 is 0 Å². The quantitative estimate of drug-likeness (QED) is 0.671. The van der Waals surface area contributed by atoms with Gasteiger partial charge in [-0.15, -0.1) is 0 Å². The lowest BCUT2D eigenvalue weighted by Gasteiger charge is -2.18. The van der Waals surface area contributed by atoms with Gasteiger partial charge in [0.25, 0.3) is 11.5 Å². The van der Waals surface area contributed by atoms with Crippen molar-refractivity contribution in [3.05, 3.63) is 63.7 Å². The number of rotatable bonds is 6. The van der Waals surface area contributed by atoms with Crippen LogP contribution in [0.25, 0.3) is 5.82 Å². The molecule has 0 fully saturated rings. The molecule has 0 saturated heterocycles. The molecule has 1 atom stereocenters. The van der Waals surface area contributed by atoms with Crippen LogP contribution in [0.15, 0.2) is 41.3 Å². The van der Waals surface area contributed by atoms with Gasteiger partial charge in [0, 0.05) is 17.7 Å². The molecule has 146 valence electrons. The lowest BCUT2D eigenvalue weighted by molar-refractivity contribution is 0.0939. The van der Waals surface area contributed by atoms with Crippen molar-refractivity contribution in [3.8, 4) is 17.3 Å². The second-order valence-electron chi connectivity index (χ2n) is 6.14. The average molecular weight is 383 g/mol. The van der Waals surface area contributed by atoms with Gasteiger partial charge < -0.3 is 14.8 Å². The summed E-state index contributed by atoms with van der Waals surface area (Å²) in [5, 5.41) is 13.4. The molecule has 0 spiro atoms. The monoisotopic (exact) mass is 383 g/mol. The molecule has 0 bridgehead atoms. The molecule has 2 aromatic heterocycles. The van der Waals surface area contributed by atoms with E-state index in [0.29, 0.717) is 28.6 Å². The predicted molar refractivity (Wildman–Crippen MR) is 102 cm³/mol. The van der Waals surface area contributed by atoms with E-state index in [1.54, 1.807) is 27.2 Å². The zero-order valence-electron chi connectivity index (χ0n) is 16.0. The van der Waals surface area contributed by atoms with Gasteiger partial charge in [-0.25, -0.2) is 9.78 Å². The first kappa shape index (κ1) is 19.2. The predicted octanol–water partition coefficient (Wildman–Crippen LogP) is 1.77. The van der Waals surface area contributed by atoms with Gasteiger partial charge >= 0.3 is 0 Å². The third kappa shape index (κ3) is 3.73. The van der Waals surface area contributed by atoms with Crippen LogP contribution in [0.5, 0.6) is 11.5 Å². The SMILES string of the molecule is COc1ccc([C@@H](C)NC(=O)c2cnn(-c3ccc(=O)[nH]n3)c2C)c(OC)c1. The second kappa shape index (κ2) is 7.95. The zero-order chi connectivity index (χ0) is 20.3. The van der Waals surface area contributed by atoms with Crippen LogP contribution in [0.2, 0.25) is 0 Å². The van der Waals surface area contributed by atoms with E-state index in [-0.39, 0.29) is 17.5 Å². The second-order valence-corrected chi connectivity index (χ2v) is 6.14. The van der Waals surface area contributed by atoms with Crippen LogP contribution in [-0.4, -0.2) is 40.1 Å². The fourth-order valence-corrected chi connectivity index (χ4v) is 2.85. The van der Waals surface area contributed by atoms with E-state index >= 15 is 0 Å². The molecule has 1 aromatic carbocycles. The molecule has 9 heteroatoms. The summed E-state index contributed by atoms with van der Waals surface area (Å²) >= 11 is 0. The maximum Gasteiger partial charge on any atom is 0.264 e. The topological polar surface area (TPSA) is 111 Å². The van der Waals surface area contributed by atoms with Crippen molar-refractivity contribution in [2.24, 2.45) is 0 Å². The minimum atomic E-state index is -0.311. The van der Waals surface area contributed by atoms with E-state index in [4.69, 9.17) is 9.47 Å². The highest BCUT2D eigenvalue weighted by Crippen LogP contribution is 2.29. The van der Waals surface area contributed by atoms with E-state index in [9.17, 15) is 9.59 Å². The minimum Gasteiger partial charge on any atom is -0.497 e. The molecule has 28 heavy (non-hydrogen) atoms. The molecule has 0 aliphatic heterocycles. The summed E-state index contributed by atoms with van der Waals surface area (Å²) in [6.07, 6.45) is 1.47. The fourth-order valence-electron chi connectivity index (χ4n) is 2.85. The number of hydrogen-bond donors (Lipinski definition) is 2. The van der Waals surface area contributed by atoms with Crippen LogP contribution in [0.1, 0.15) is 34.6 Å². The van der Waals surface area contributed by atoms with Crippen LogP contribution in [0, 0.1) is 6.92 Å². The molecule has 3 rings (SSSR count). The average Bonchev–Trinajstić information content (AvgIpc) is 3.09. The Labute approximate surface area is 161 Å². The number of amides is 1. The summed E-state index contributed by atoms with van der Waals surface area (Å²) in [4.78, 5) is 23.9. The Morgan fingerprint density at radius 2 is 2.00 bits per heavy atom. The summed E-state index contributed by atoms with van der Waals surface area (Å²) in [7, 11) is 3.15. The van der Waals surface area contributed by atoms with Gasteiger partial charge in [0.2, 0.25) is 0 Å². The highest BCUT2D eigenvalue weighted by Gasteiger charge is 2.20. The molecule has 0 saturated carbocycles. The van der Waals surface area contributed by atoms with Gasteiger partial charge in [0.05, 0.1) is 37.7 Å². The fraction of sp³-hybridized carbons (Fsp3) is 0.263. The molecule has 9 nitrogen and oxygen atoms in total. The molecule has 0 aliphatic carbocycles. The summed E-state index contributed by atoms with van der Waals surface area (Å²) in [6.45, 7) is 3.62. The van der Waals surface area contributed by atoms with Crippen molar-refractivity contribution in [3.63, 3.8) is 0 Å². The number of carbonyl (C=O) groups excluding carboxylic acids is 1. The smallest absolute Gasteiger partial charge is 0.264 e. The number of aromatic amines is 1. The van der Waals surface area contributed by atoms with E-state index in [2.05, 4.69) is 20.6 Å². The Bertz CT molecular complexity index is 1040. The number of aromatic nitrogens is 4. The number of methoxy groups -OCH3 is 2. The first-order valence-corrected chi connectivity index (χ1v) is 8.58. The summed E-state index contributed by atoms with van der Waals surface area (Å²) in [5.41, 5.74) is 1.52. The molecule has 0 radical (unpaired) electrons. The Balaban J connectivity index is 1.82. The summed E-state index contributed by atoms with van der Waals surface area (Å²) in [6, 6.07) is 8.01. The Morgan fingerprint density at radius 1 is 1.21 bits per heavy atom. The molecule has 2 N–H and O–H groups in total. The van der Waals surface area contributed by atoms with Gasteiger partial charge in [-0.3, -0.25) is 9.59 Å². The Morgan fingerprint density at radius 3 is 2.64 bits per heavy atom. The van der Waals surface area contributed by atoms with Crippen molar-refractivity contribution in [2.75, 3.05) is 14.2 Å². The van der Waals surface area contributed by atoms with Crippen molar-refractivity contribution in [1.29, 1.82) is 0 Å². The third-order valence-electron chi connectivity index (χ3n) is 4.39. The minimum absolute atomic E-state index is 0.279. The summed E-state index contributed by atoms with van der Waals surface area (Å²) in [5.74, 6) is 1.43. The number of nitrogens with zero attached hydrogens (tertiary/aromatic N) is 3. The van der Waals surface area contributed by atoms with Crippen molar-refractivity contribution in [1.82, 2.24) is 25.3 Å². The van der Waals surface area contributed by atoms with Crippen LogP contribution < -0.4 is 20.3 Å². The number of nitrogens with one attached hydrogen (secondary N) is 2. The Kier molecular flexibility index (Phi) is 5.44. The lowest BCUT2D eigenvalue weighted by Crippen LogP contribution is -2.27. The highest BCUT2D eigenvalue weighted by atomic mass is 16.5. The lowest BCUT2D eigenvalue weighted by atomic mass is 10.1. The number of hydrogen-bond acceptors (Lipinski definition) is 6. The van der Waals surface area contributed by atoms with Crippen LogP contribution in [0.3, 0.4) is 0 Å². The number of H-pyrrole nitrogens is 1. The highest BCUT2D eigenvalue weighted by molar-refractivity contribution is 5.95. The molecular weight excluding hydrogens is 362 g/mol. The zero-order valence-corrected chi connectivity index (χ0v) is 16.0. The van der Waals surface area contributed by atoms with Crippen LogP contribution in [-0.2, 0) is 0 Å². The van der Waals surface area contributed by atoms with Crippen molar-refractivity contribution < 1.29 is 14.3 Å². The Hall–Kier alpha value is -3.62. The molecule has 2 heterocycles. The number of benzene rings is 1. The van der Waals surface area contributed by atoms with E-state index in [1.807, 2.05) is 19.1 Å². The standard InChI is InChI=1S/C19H21N5O4/c1-11(14-6-5-13(27-3)9-16(14)28-4)21-19(26)15-10-20-24(12(15)2)17-7-8-18(25)23-22-17/h5-11H,1-4H3,(H,21,26)(H,23,25)/t11-/m1/s1. The maximum atomic E-state index is 12.8. The normalized spacial score (nSPS) is 11.7. The number of carbonyl (C=O) groups is 1. The van der Waals surface area contributed by atoms with Crippen molar-refractivity contribution in [2.45, 2.75) is 19.9 Å². The number of ether oxygens (including phenoxy) is 2. The molecule has 3 aromatic rings. The molecule has 1 amide bonds. The van der Waals surface area contributed by atoms with E-state index in [1.165, 1.54) is 23.0 Å². The molecular formula is C19H21N5O4. The van der Waals surface area contributed by atoms with Gasteiger partial charge in [0.1, 0.15) is 11.5 Å². The largest absolute Gasteiger partial charge is 0.497 e. The van der Waals surface area contributed by atoms with Gasteiger partial charge in [-0.1, -0.05) is 0 Å². The first-order valence-electron chi connectivity index (χ1n) is 8.58. The van der Waals surface area contributed by atoms with E-state index < -0.39 is 0 Å². The molecule has 0 aliphatic rings. The van der Waals surface area contributed by atoms with Crippen molar-refractivity contribution >= 4 is 5.91 Å². The maximum absolute atomic E-state index is 12.8.